The fraction of sp³-hybridized carbons (Fsp3) is 0.500. The number of carbonyl (C=O) groups is 1. The minimum atomic E-state index is -0.760. The van der Waals surface area contributed by atoms with Gasteiger partial charge in [-0.3, -0.25) is 9.48 Å². The van der Waals surface area contributed by atoms with Crippen molar-refractivity contribution in [1.82, 2.24) is 9.78 Å². The molecule has 0 aliphatic rings. The van der Waals surface area contributed by atoms with Gasteiger partial charge in [-0.1, -0.05) is 0 Å². The first-order valence-electron chi connectivity index (χ1n) is 4.01. The average molecular weight is 247 g/mol. The van der Waals surface area contributed by atoms with Crippen LogP contribution in [0.1, 0.15) is 18.5 Å². The first-order chi connectivity index (χ1) is 6.11. The number of halogens is 1. The lowest BCUT2D eigenvalue weighted by molar-refractivity contribution is -0.137. The molecule has 4 nitrogen and oxygen atoms in total. The monoisotopic (exact) mass is 246 g/mol. The van der Waals surface area contributed by atoms with E-state index in [-0.39, 0.29) is 6.42 Å². The van der Waals surface area contributed by atoms with Gasteiger partial charge in [0.1, 0.15) is 0 Å². The van der Waals surface area contributed by atoms with Gasteiger partial charge in [0.2, 0.25) is 0 Å². The molecule has 0 amide bonds. The van der Waals surface area contributed by atoms with Crippen molar-refractivity contribution in [2.75, 3.05) is 0 Å². The number of carboxylic acid groups (broad SMARTS) is 1. The van der Waals surface area contributed by atoms with E-state index < -0.39 is 5.97 Å². The van der Waals surface area contributed by atoms with Crippen molar-refractivity contribution in [2.24, 2.45) is 0 Å². The lowest BCUT2D eigenvalue weighted by Crippen LogP contribution is -2.04. The van der Waals surface area contributed by atoms with Crippen molar-refractivity contribution in [1.29, 1.82) is 0 Å². The number of hydrogen-bond donors (Lipinski definition) is 1. The van der Waals surface area contributed by atoms with Crippen LogP contribution in [0.4, 0.5) is 0 Å². The molecule has 0 fully saturated rings. The molecule has 72 valence electrons. The van der Waals surface area contributed by atoms with E-state index >= 15 is 0 Å². The van der Waals surface area contributed by atoms with Crippen molar-refractivity contribution < 1.29 is 9.90 Å². The summed E-state index contributed by atoms with van der Waals surface area (Å²) in [5.74, 6) is -0.760. The van der Waals surface area contributed by atoms with Crippen LogP contribution in [0.2, 0.25) is 0 Å². The molecule has 1 N–H and O–H groups in total. The molecule has 0 unspecified atom stereocenters. The molecule has 1 rings (SSSR count). The summed E-state index contributed by atoms with van der Waals surface area (Å²) in [5.41, 5.74) is 1.03. The minimum absolute atomic E-state index is 0.191. The summed E-state index contributed by atoms with van der Waals surface area (Å²) in [6.07, 6.45) is 2.53. The van der Waals surface area contributed by atoms with E-state index in [9.17, 15) is 4.79 Å². The fourth-order valence-corrected chi connectivity index (χ4v) is 1.33. The average Bonchev–Trinajstić information content (AvgIpc) is 2.35. The van der Waals surface area contributed by atoms with Crippen molar-refractivity contribution in [2.45, 2.75) is 26.3 Å². The van der Waals surface area contributed by atoms with Crippen LogP contribution in [0, 0.1) is 6.92 Å². The van der Waals surface area contributed by atoms with Crippen LogP contribution < -0.4 is 0 Å². The largest absolute Gasteiger partial charge is 0.481 e. The third-order valence-electron chi connectivity index (χ3n) is 1.80. The molecule has 0 aliphatic heterocycles. The molecular weight excluding hydrogens is 236 g/mol. The Morgan fingerprint density at radius 3 is 2.92 bits per heavy atom. The Morgan fingerprint density at radius 2 is 2.46 bits per heavy atom. The van der Waals surface area contributed by atoms with Gasteiger partial charge in [0.25, 0.3) is 0 Å². The zero-order valence-electron chi connectivity index (χ0n) is 7.33. The maximum atomic E-state index is 10.2. The van der Waals surface area contributed by atoms with Gasteiger partial charge >= 0.3 is 5.97 Å². The molecule has 0 spiro atoms. The Morgan fingerprint density at radius 1 is 1.77 bits per heavy atom. The molecule has 1 aromatic heterocycles. The summed E-state index contributed by atoms with van der Waals surface area (Å²) in [7, 11) is 0. The van der Waals surface area contributed by atoms with Crippen LogP contribution in [0.5, 0.6) is 0 Å². The first kappa shape index (κ1) is 10.2. The van der Waals surface area contributed by atoms with E-state index in [1.54, 1.807) is 10.9 Å². The molecular formula is C8H11BrN2O2. The first-order valence-corrected chi connectivity index (χ1v) is 4.80. The molecule has 0 aromatic carbocycles. The molecule has 0 saturated carbocycles. The number of carboxylic acids is 1. The molecule has 13 heavy (non-hydrogen) atoms. The van der Waals surface area contributed by atoms with Crippen LogP contribution in [0.3, 0.4) is 0 Å². The normalized spacial score (nSPS) is 10.3. The van der Waals surface area contributed by atoms with Crippen molar-refractivity contribution in [3.8, 4) is 0 Å². The maximum Gasteiger partial charge on any atom is 0.303 e. The number of nitrogens with zero attached hydrogens (tertiary/aromatic N) is 2. The number of rotatable bonds is 4. The zero-order valence-corrected chi connectivity index (χ0v) is 8.91. The van der Waals surface area contributed by atoms with E-state index in [2.05, 4.69) is 21.0 Å². The number of aromatic nitrogens is 2. The van der Waals surface area contributed by atoms with Gasteiger partial charge in [-0.05, 0) is 29.3 Å². The molecule has 0 radical (unpaired) electrons. The van der Waals surface area contributed by atoms with Crippen LogP contribution in [-0.4, -0.2) is 20.9 Å². The summed E-state index contributed by atoms with van der Waals surface area (Å²) in [5, 5.41) is 12.5. The second-order valence-electron chi connectivity index (χ2n) is 2.80. The van der Waals surface area contributed by atoms with Gasteiger partial charge in [0, 0.05) is 18.7 Å². The lowest BCUT2D eigenvalue weighted by atomic mass is 10.3. The number of aliphatic carboxylic acids is 1. The molecule has 0 saturated heterocycles. The Kier molecular flexibility index (Phi) is 3.48. The van der Waals surface area contributed by atoms with Crippen LogP contribution >= 0.6 is 15.9 Å². The van der Waals surface area contributed by atoms with E-state index in [4.69, 9.17) is 5.11 Å². The van der Waals surface area contributed by atoms with Gasteiger partial charge < -0.3 is 5.11 Å². The summed E-state index contributed by atoms with van der Waals surface area (Å²) >= 11 is 3.34. The Balaban J connectivity index is 2.45. The highest BCUT2D eigenvalue weighted by Crippen LogP contribution is 2.14. The molecule has 0 aliphatic carbocycles. The molecule has 1 aromatic rings. The van der Waals surface area contributed by atoms with Crippen molar-refractivity contribution in [3.63, 3.8) is 0 Å². The van der Waals surface area contributed by atoms with E-state index in [1.807, 2.05) is 6.92 Å². The van der Waals surface area contributed by atoms with Crippen LogP contribution in [-0.2, 0) is 11.3 Å². The number of aryl methyl sites for hydroxylation is 1. The lowest BCUT2D eigenvalue weighted by Gasteiger charge is -2.02. The Hall–Kier alpha value is -0.840. The summed E-state index contributed by atoms with van der Waals surface area (Å²) in [6, 6.07) is 0. The van der Waals surface area contributed by atoms with Gasteiger partial charge in [0.05, 0.1) is 10.7 Å². The highest BCUT2D eigenvalue weighted by Gasteiger charge is 2.03. The standard InChI is InChI=1S/C8H11BrN2O2/c1-6-7(9)5-10-11(6)4-2-3-8(12)13/h5H,2-4H2,1H3,(H,12,13). The molecule has 0 atom stereocenters. The predicted octanol–water partition coefficient (Wildman–Crippen LogP) is 1.82. The Bertz CT molecular complexity index is 309. The Labute approximate surface area is 84.7 Å². The van der Waals surface area contributed by atoms with Gasteiger partial charge in [-0.25, -0.2) is 0 Å². The van der Waals surface area contributed by atoms with E-state index in [1.165, 1.54) is 0 Å². The zero-order chi connectivity index (χ0) is 9.84. The van der Waals surface area contributed by atoms with Gasteiger partial charge in [-0.15, -0.1) is 0 Å². The van der Waals surface area contributed by atoms with Gasteiger partial charge in [-0.2, -0.15) is 5.10 Å². The minimum Gasteiger partial charge on any atom is -0.481 e. The maximum absolute atomic E-state index is 10.2. The predicted molar refractivity (Wildman–Crippen MR) is 51.5 cm³/mol. The summed E-state index contributed by atoms with van der Waals surface area (Å²) in [4.78, 5) is 10.2. The molecule has 1 heterocycles. The fourth-order valence-electron chi connectivity index (χ4n) is 1.03. The third kappa shape index (κ3) is 2.84. The second-order valence-corrected chi connectivity index (χ2v) is 3.65. The quantitative estimate of drug-likeness (QED) is 0.882. The van der Waals surface area contributed by atoms with Crippen molar-refractivity contribution >= 4 is 21.9 Å². The number of hydrogen-bond acceptors (Lipinski definition) is 2. The van der Waals surface area contributed by atoms with E-state index in [0.717, 1.165) is 10.2 Å². The van der Waals surface area contributed by atoms with Gasteiger partial charge in [0.15, 0.2) is 0 Å². The topological polar surface area (TPSA) is 55.1 Å². The highest BCUT2D eigenvalue weighted by molar-refractivity contribution is 9.10. The summed E-state index contributed by atoms with van der Waals surface area (Å²) < 4.78 is 2.76. The smallest absolute Gasteiger partial charge is 0.303 e. The molecule has 5 heteroatoms. The van der Waals surface area contributed by atoms with E-state index in [0.29, 0.717) is 13.0 Å². The van der Waals surface area contributed by atoms with Crippen molar-refractivity contribution in [3.05, 3.63) is 16.4 Å². The third-order valence-corrected chi connectivity index (χ3v) is 2.58. The van der Waals surface area contributed by atoms with Crippen LogP contribution in [0.15, 0.2) is 10.7 Å². The molecule has 0 bridgehead atoms. The SMILES string of the molecule is Cc1c(Br)cnn1CCCC(=O)O. The summed E-state index contributed by atoms with van der Waals surface area (Å²) in [6.45, 7) is 2.60. The van der Waals surface area contributed by atoms with Crippen LogP contribution in [0.25, 0.3) is 0 Å². The highest BCUT2D eigenvalue weighted by atomic mass is 79.9. The second kappa shape index (κ2) is 4.41.